The standard InChI is InChI=1S/C34H22BrN3.C33H21BrN4.C32H20BrN5/c35-27-16-17-32-29(22-27)34-33(15-8-18-36-34)38(32)28-14-7-13-25(19-28)26-20-30(23-9-3-1-4-10-23)37-31(21-26)24-11-5-2-6-12-24;34-25-15-18-30-27(20-25)32-31(12-7-19-35-32)38(30)26-16-13-23(14-17-26)29-21-28(22-8-3-1-4-9-22)36-33(37-29)24-10-5-2-6-11-24;33-24-16-17-27-26(20-24)29-28(15-8-18-34-29)38(27)25-14-7-13-23(19-25)32-36-30(21-9-3-1-4-10-21)35-31(37-32)22-11-5-2-6-12-22/h1-22H;1-21H;1-20H. The molecule has 0 amide bonds. The molecule has 114 heavy (non-hydrogen) atoms. The molecule has 15 heteroatoms. The third-order valence-corrected chi connectivity index (χ3v) is 21.6. The summed E-state index contributed by atoms with van der Waals surface area (Å²) >= 11 is 10.9. The lowest BCUT2D eigenvalue weighted by Gasteiger charge is -2.13. The van der Waals surface area contributed by atoms with Crippen LogP contribution in [0.3, 0.4) is 0 Å². The van der Waals surface area contributed by atoms with Gasteiger partial charge in [-0.15, -0.1) is 0 Å². The summed E-state index contributed by atoms with van der Waals surface area (Å²) < 4.78 is 9.91. The number of hydrogen-bond donors (Lipinski definition) is 0. The van der Waals surface area contributed by atoms with Crippen LogP contribution in [0.4, 0.5) is 0 Å². The molecule has 0 atom stereocenters. The minimum absolute atomic E-state index is 0.626. The van der Waals surface area contributed by atoms with Crippen molar-refractivity contribution in [1.29, 1.82) is 0 Å². The topological polar surface area (TPSA) is 131 Å². The van der Waals surface area contributed by atoms with Crippen LogP contribution in [-0.4, -0.2) is 58.6 Å². The number of hydrogen-bond acceptors (Lipinski definition) is 9. The summed E-state index contributed by atoms with van der Waals surface area (Å²) in [5, 5.41) is 3.34. The number of pyridine rings is 4. The van der Waals surface area contributed by atoms with Crippen LogP contribution in [0.25, 0.3) is 185 Å². The van der Waals surface area contributed by atoms with Crippen molar-refractivity contribution in [3.8, 4) is 119 Å². The zero-order valence-corrected chi connectivity index (χ0v) is 65.6. The average Bonchev–Trinajstić information content (AvgIpc) is 1.60. The third kappa shape index (κ3) is 14.1. The first-order valence-corrected chi connectivity index (χ1v) is 39.6. The molecule has 0 fully saturated rings. The second-order valence-corrected chi connectivity index (χ2v) is 30.1. The van der Waals surface area contributed by atoms with Gasteiger partial charge < -0.3 is 13.7 Å². The Kier molecular flexibility index (Phi) is 19.3. The van der Waals surface area contributed by atoms with Gasteiger partial charge in [-0.05, 0) is 157 Å². The minimum Gasteiger partial charge on any atom is -0.308 e. The average molecular weight is 1660 g/mol. The second kappa shape index (κ2) is 31.1. The van der Waals surface area contributed by atoms with Crippen LogP contribution in [-0.2, 0) is 0 Å². The Morgan fingerprint density at radius 2 is 0.491 bits per heavy atom. The molecule has 0 N–H and O–H groups in total. The molecule has 540 valence electrons. The molecule has 0 radical (unpaired) electrons. The first-order valence-electron chi connectivity index (χ1n) is 37.2. The highest BCUT2D eigenvalue weighted by molar-refractivity contribution is 9.11. The van der Waals surface area contributed by atoms with E-state index in [-0.39, 0.29) is 0 Å². The summed E-state index contributed by atoms with van der Waals surface area (Å²) in [4.78, 5) is 43.6. The summed E-state index contributed by atoms with van der Waals surface area (Å²) in [5.41, 5.74) is 26.7. The molecule has 0 bridgehead atoms. The number of rotatable bonds is 12. The van der Waals surface area contributed by atoms with Gasteiger partial charge in [0.2, 0.25) is 0 Å². The maximum atomic E-state index is 5.04. The highest BCUT2D eigenvalue weighted by Crippen LogP contribution is 2.40. The molecule has 0 aliphatic heterocycles. The largest absolute Gasteiger partial charge is 0.308 e. The first kappa shape index (κ1) is 70.5. The maximum absolute atomic E-state index is 5.04. The summed E-state index contributed by atoms with van der Waals surface area (Å²) in [6.45, 7) is 0. The van der Waals surface area contributed by atoms with Gasteiger partial charge in [-0.2, -0.15) is 0 Å². The molecule has 0 saturated heterocycles. The van der Waals surface area contributed by atoms with E-state index in [1.54, 1.807) is 0 Å². The van der Waals surface area contributed by atoms with E-state index in [0.717, 1.165) is 175 Å². The van der Waals surface area contributed by atoms with E-state index >= 15 is 0 Å². The van der Waals surface area contributed by atoms with Crippen LogP contribution in [0, 0.1) is 0 Å². The van der Waals surface area contributed by atoms with Crippen LogP contribution in [0.5, 0.6) is 0 Å². The van der Waals surface area contributed by atoms with Crippen molar-refractivity contribution in [1.82, 2.24) is 58.6 Å². The Bertz CT molecular complexity index is 6670. The van der Waals surface area contributed by atoms with Crippen molar-refractivity contribution in [3.05, 3.63) is 396 Å². The van der Waals surface area contributed by atoms with Crippen molar-refractivity contribution < 1.29 is 0 Å². The lowest BCUT2D eigenvalue weighted by Crippen LogP contribution is -2.01. The Hall–Kier alpha value is -13.8. The molecule has 21 aromatic rings. The molecular formula is C99H63Br3N12. The first-order chi connectivity index (χ1) is 56.2. The van der Waals surface area contributed by atoms with E-state index in [4.69, 9.17) is 39.9 Å². The molecule has 9 heterocycles. The van der Waals surface area contributed by atoms with Gasteiger partial charge in [0.05, 0.1) is 72.4 Å². The van der Waals surface area contributed by atoms with Crippen LogP contribution in [0.1, 0.15) is 0 Å². The Morgan fingerprint density at radius 3 is 0.877 bits per heavy atom. The Balaban J connectivity index is 0.000000115. The highest BCUT2D eigenvalue weighted by atomic mass is 79.9. The van der Waals surface area contributed by atoms with Gasteiger partial charge in [-0.3, -0.25) is 15.0 Å². The fraction of sp³-hybridized carbons (Fsp3) is 0. The second-order valence-electron chi connectivity index (χ2n) is 27.3. The normalized spacial score (nSPS) is 11.3. The highest BCUT2D eigenvalue weighted by Gasteiger charge is 2.21. The van der Waals surface area contributed by atoms with Crippen LogP contribution >= 0.6 is 47.8 Å². The van der Waals surface area contributed by atoms with E-state index in [1.165, 1.54) is 0 Å². The minimum atomic E-state index is 0.626. The van der Waals surface area contributed by atoms with Gasteiger partial charge in [0.25, 0.3) is 0 Å². The zero-order chi connectivity index (χ0) is 76.4. The molecule has 0 aliphatic carbocycles. The van der Waals surface area contributed by atoms with Crippen LogP contribution in [0.2, 0.25) is 0 Å². The van der Waals surface area contributed by atoms with Crippen molar-refractivity contribution in [2.24, 2.45) is 0 Å². The van der Waals surface area contributed by atoms with Gasteiger partial charge in [0.1, 0.15) is 0 Å². The van der Waals surface area contributed by atoms with Gasteiger partial charge in [0.15, 0.2) is 23.3 Å². The monoisotopic (exact) mass is 1660 g/mol. The zero-order valence-electron chi connectivity index (χ0n) is 60.9. The molecule has 21 rings (SSSR count). The predicted octanol–water partition coefficient (Wildman–Crippen LogP) is 26.2. The smallest absolute Gasteiger partial charge is 0.164 e. The summed E-state index contributed by atoms with van der Waals surface area (Å²) in [6.07, 6.45) is 5.54. The summed E-state index contributed by atoms with van der Waals surface area (Å²) in [7, 11) is 0. The van der Waals surface area contributed by atoms with Crippen molar-refractivity contribution in [2.75, 3.05) is 0 Å². The lowest BCUT2D eigenvalue weighted by atomic mass is 9.99. The molecule has 0 spiro atoms. The molecule has 0 aliphatic rings. The molecular weight excluding hydrogens is 1600 g/mol. The maximum Gasteiger partial charge on any atom is 0.164 e. The molecule has 12 aromatic carbocycles. The van der Waals surface area contributed by atoms with Crippen molar-refractivity contribution >= 4 is 114 Å². The third-order valence-electron chi connectivity index (χ3n) is 20.2. The molecule has 0 saturated carbocycles. The van der Waals surface area contributed by atoms with E-state index in [1.807, 2.05) is 170 Å². The number of nitrogens with zero attached hydrogens (tertiary/aromatic N) is 12. The van der Waals surface area contributed by atoms with Crippen LogP contribution < -0.4 is 0 Å². The number of benzene rings is 12. The van der Waals surface area contributed by atoms with E-state index in [0.29, 0.717) is 23.3 Å². The quantitative estimate of drug-likeness (QED) is 0.117. The fourth-order valence-electron chi connectivity index (χ4n) is 14.9. The Labute approximate surface area is 681 Å². The Morgan fingerprint density at radius 1 is 0.184 bits per heavy atom. The molecule has 12 nitrogen and oxygen atoms in total. The fourth-order valence-corrected chi connectivity index (χ4v) is 15.9. The number of halogens is 3. The SMILES string of the molecule is Brc1ccc2c(c1)c1ncccc1n2-c1ccc(-c2cc(-c3ccccc3)nc(-c3ccccc3)n2)cc1.Brc1ccc2c(c1)c1ncccc1n2-c1cccc(-c2cc(-c3ccccc3)nc(-c3ccccc3)c2)c1.Brc1ccc2c(c1)c1ncccc1n2-c1cccc(-c2nc(-c3ccccc3)nc(-c3ccccc3)n2)c1. The number of aromatic nitrogens is 12. The lowest BCUT2D eigenvalue weighted by molar-refractivity contribution is 1.07. The van der Waals surface area contributed by atoms with Gasteiger partial charge >= 0.3 is 0 Å². The van der Waals surface area contributed by atoms with E-state index in [9.17, 15) is 0 Å². The summed E-state index contributed by atoms with van der Waals surface area (Å²) in [5.74, 6) is 2.63. The predicted molar refractivity (Wildman–Crippen MR) is 475 cm³/mol. The van der Waals surface area contributed by atoms with Gasteiger partial charge in [0, 0.05) is 110 Å². The molecule has 0 unspecified atom stereocenters. The van der Waals surface area contributed by atoms with Crippen molar-refractivity contribution in [3.63, 3.8) is 0 Å². The van der Waals surface area contributed by atoms with Crippen molar-refractivity contribution in [2.45, 2.75) is 0 Å². The number of fused-ring (bicyclic) bond motifs is 9. The van der Waals surface area contributed by atoms with E-state index < -0.39 is 0 Å². The molecule has 9 aromatic heterocycles. The van der Waals surface area contributed by atoms with E-state index in [2.05, 4.69) is 279 Å². The van der Waals surface area contributed by atoms with Gasteiger partial charge in [-0.1, -0.05) is 266 Å². The van der Waals surface area contributed by atoms with Gasteiger partial charge in [-0.25, -0.2) is 29.9 Å². The van der Waals surface area contributed by atoms with Crippen LogP contribution in [0.15, 0.2) is 396 Å². The summed E-state index contributed by atoms with van der Waals surface area (Å²) in [6, 6.07) is 125.